The Labute approximate surface area is 173 Å². The van der Waals surface area contributed by atoms with Crippen molar-refractivity contribution in [1.82, 2.24) is 0 Å². The number of aryl methyl sites for hydroxylation is 3. The van der Waals surface area contributed by atoms with Crippen LogP contribution >= 0.6 is 0 Å². The van der Waals surface area contributed by atoms with E-state index in [1.807, 2.05) is 62.4 Å². The largest absolute Gasteiger partial charge is 0.494 e. The Kier molecular flexibility index (Phi) is 6.71. The van der Waals surface area contributed by atoms with E-state index < -0.39 is 0 Å². The van der Waals surface area contributed by atoms with Crippen LogP contribution in [-0.2, 0) is 0 Å². The molecule has 3 heteroatoms. The van der Waals surface area contributed by atoms with E-state index in [-0.39, 0.29) is 11.8 Å². The van der Waals surface area contributed by atoms with Crippen molar-refractivity contribution in [2.24, 2.45) is 0 Å². The van der Waals surface area contributed by atoms with Gasteiger partial charge < -0.3 is 10.1 Å². The molecule has 0 aromatic heterocycles. The molecule has 29 heavy (non-hydrogen) atoms. The number of rotatable bonds is 8. The number of hydrogen-bond donors (Lipinski definition) is 1. The third-order valence-corrected chi connectivity index (χ3v) is 5.20. The standard InChI is InChI=1S/C26H29NO2/c1-5-29-24-14-11-21(12-15-24)25(27-23-13-8-19(3)20(4)16-23)17-26(28)22-9-6-18(2)7-10-22/h6-16,25,27H,5,17H2,1-4H3. The number of nitrogens with one attached hydrogen (secondary N) is 1. The maximum atomic E-state index is 13.0. The Balaban J connectivity index is 1.86. The Morgan fingerprint density at radius 1 is 0.897 bits per heavy atom. The van der Waals surface area contributed by atoms with E-state index in [4.69, 9.17) is 4.74 Å². The van der Waals surface area contributed by atoms with Gasteiger partial charge in [0.2, 0.25) is 0 Å². The lowest BCUT2D eigenvalue weighted by molar-refractivity contribution is 0.0976. The molecule has 0 aliphatic rings. The van der Waals surface area contributed by atoms with E-state index in [2.05, 4.69) is 37.4 Å². The molecule has 0 radical (unpaired) electrons. The molecule has 3 rings (SSSR count). The quantitative estimate of drug-likeness (QED) is 0.452. The molecular weight excluding hydrogens is 358 g/mol. The first-order valence-electron chi connectivity index (χ1n) is 10.1. The van der Waals surface area contributed by atoms with E-state index in [9.17, 15) is 4.79 Å². The number of carbonyl (C=O) groups excluding carboxylic acids is 1. The summed E-state index contributed by atoms with van der Waals surface area (Å²) in [5.41, 5.74) is 6.45. The molecule has 0 heterocycles. The Morgan fingerprint density at radius 3 is 2.21 bits per heavy atom. The average Bonchev–Trinajstić information content (AvgIpc) is 2.71. The fourth-order valence-electron chi connectivity index (χ4n) is 3.29. The van der Waals surface area contributed by atoms with Gasteiger partial charge in [-0.1, -0.05) is 48.0 Å². The maximum absolute atomic E-state index is 13.0. The second-order valence-electron chi connectivity index (χ2n) is 7.49. The predicted molar refractivity (Wildman–Crippen MR) is 120 cm³/mol. The van der Waals surface area contributed by atoms with Crippen molar-refractivity contribution in [3.63, 3.8) is 0 Å². The fourth-order valence-corrected chi connectivity index (χ4v) is 3.29. The number of ketones is 1. The lowest BCUT2D eigenvalue weighted by Crippen LogP contribution is -2.16. The summed E-state index contributed by atoms with van der Waals surface area (Å²) in [7, 11) is 0. The zero-order chi connectivity index (χ0) is 20.8. The normalized spacial score (nSPS) is 11.7. The molecule has 150 valence electrons. The summed E-state index contributed by atoms with van der Waals surface area (Å²) in [4.78, 5) is 13.0. The van der Waals surface area contributed by atoms with Gasteiger partial charge in [0.1, 0.15) is 5.75 Å². The van der Waals surface area contributed by atoms with Crippen molar-refractivity contribution >= 4 is 11.5 Å². The summed E-state index contributed by atoms with van der Waals surface area (Å²) >= 11 is 0. The number of hydrogen-bond acceptors (Lipinski definition) is 3. The fraction of sp³-hybridized carbons (Fsp3) is 0.269. The second kappa shape index (κ2) is 9.42. The number of anilines is 1. The van der Waals surface area contributed by atoms with Crippen molar-refractivity contribution < 1.29 is 9.53 Å². The highest BCUT2D eigenvalue weighted by Crippen LogP contribution is 2.27. The molecule has 1 unspecified atom stereocenters. The Morgan fingerprint density at radius 2 is 1.59 bits per heavy atom. The van der Waals surface area contributed by atoms with Crippen LogP contribution in [0.5, 0.6) is 5.75 Å². The molecule has 0 aliphatic carbocycles. The first-order valence-corrected chi connectivity index (χ1v) is 10.1. The molecular formula is C26H29NO2. The number of ether oxygens (including phenoxy) is 1. The molecule has 0 bridgehead atoms. The highest BCUT2D eigenvalue weighted by atomic mass is 16.5. The van der Waals surface area contributed by atoms with Crippen LogP contribution in [0.15, 0.2) is 66.7 Å². The summed E-state index contributed by atoms with van der Waals surface area (Å²) in [6.45, 7) is 8.83. The zero-order valence-electron chi connectivity index (χ0n) is 17.7. The molecule has 0 aliphatic heterocycles. The predicted octanol–water partition coefficient (Wildman–Crippen LogP) is 6.44. The Hall–Kier alpha value is -3.07. The van der Waals surface area contributed by atoms with Crippen LogP contribution in [0.4, 0.5) is 5.69 Å². The molecule has 0 fully saturated rings. The summed E-state index contributed by atoms with van der Waals surface area (Å²) in [5, 5.41) is 3.57. The second-order valence-corrected chi connectivity index (χ2v) is 7.49. The summed E-state index contributed by atoms with van der Waals surface area (Å²) in [6, 6.07) is 22.0. The van der Waals surface area contributed by atoms with Gasteiger partial charge in [0.25, 0.3) is 0 Å². The van der Waals surface area contributed by atoms with E-state index in [0.717, 1.165) is 28.1 Å². The average molecular weight is 388 g/mol. The first-order chi connectivity index (χ1) is 14.0. The number of benzene rings is 3. The van der Waals surface area contributed by atoms with Gasteiger partial charge in [-0.05, 0) is 68.7 Å². The highest BCUT2D eigenvalue weighted by Gasteiger charge is 2.18. The van der Waals surface area contributed by atoms with Crippen LogP contribution in [0.1, 0.15) is 52.0 Å². The maximum Gasteiger partial charge on any atom is 0.165 e. The smallest absolute Gasteiger partial charge is 0.165 e. The van der Waals surface area contributed by atoms with Gasteiger partial charge in [-0.2, -0.15) is 0 Å². The van der Waals surface area contributed by atoms with Crippen LogP contribution in [0.3, 0.4) is 0 Å². The minimum atomic E-state index is -0.124. The van der Waals surface area contributed by atoms with Crippen molar-refractivity contribution in [1.29, 1.82) is 0 Å². The minimum absolute atomic E-state index is 0.124. The molecule has 0 saturated carbocycles. The van der Waals surface area contributed by atoms with Gasteiger partial charge in [0.05, 0.1) is 12.6 Å². The molecule has 0 spiro atoms. The zero-order valence-corrected chi connectivity index (χ0v) is 17.7. The molecule has 0 saturated heterocycles. The van der Waals surface area contributed by atoms with Crippen molar-refractivity contribution in [3.8, 4) is 5.75 Å². The van der Waals surface area contributed by atoms with Gasteiger partial charge in [-0.25, -0.2) is 0 Å². The Bertz CT molecular complexity index is 959. The summed E-state index contributed by atoms with van der Waals surface area (Å²) < 4.78 is 5.56. The van der Waals surface area contributed by atoms with Gasteiger partial charge >= 0.3 is 0 Å². The topological polar surface area (TPSA) is 38.3 Å². The van der Waals surface area contributed by atoms with E-state index in [0.29, 0.717) is 13.0 Å². The van der Waals surface area contributed by atoms with Crippen molar-refractivity contribution in [3.05, 3.63) is 94.5 Å². The third kappa shape index (κ3) is 5.47. The number of carbonyl (C=O) groups is 1. The third-order valence-electron chi connectivity index (χ3n) is 5.20. The number of Topliss-reactive ketones (excluding diaryl/α,β-unsaturated/α-hetero) is 1. The van der Waals surface area contributed by atoms with Gasteiger partial charge in [-0.15, -0.1) is 0 Å². The molecule has 1 N–H and O–H groups in total. The molecule has 3 aromatic carbocycles. The van der Waals surface area contributed by atoms with E-state index in [1.165, 1.54) is 11.1 Å². The van der Waals surface area contributed by atoms with Crippen molar-refractivity contribution in [2.45, 2.75) is 40.2 Å². The molecule has 1 atom stereocenters. The summed E-state index contributed by atoms with van der Waals surface area (Å²) in [6.07, 6.45) is 0.379. The van der Waals surface area contributed by atoms with Gasteiger partial charge in [0, 0.05) is 17.7 Å². The molecule has 0 amide bonds. The van der Waals surface area contributed by atoms with Crippen LogP contribution in [-0.4, -0.2) is 12.4 Å². The SMILES string of the molecule is CCOc1ccc(C(CC(=O)c2ccc(C)cc2)Nc2ccc(C)c(C)c2)cc1. The summed E-state index contributed by atoms with van der Waals surface area (Å²) in [5.74, 6) is 0.964. The van der Waals surface area contributed by atoms with Gasteiger partial charge in [0.15, 0.2) is 5.78 Å². The molecule has 3 aromatic rings. The van der Waals surface area contributed by atoms with Crippen LogP contribution in [0.25, 0.3) is 0 Å². The van der Waals surface area contributed by atoms with Gasteiger partial charge in [-0.3, -0.25) is 4.79 Å². The first kappa shape index (κ1) is 20.7. The molecule has 3 nitrogen and oxygen atoms in total. The van der Waals surface area contributed by atoms with Crippen LogP contribution in [0, 0.1) is 20.8 Å². The van der Waals surface area contributed by atoms with Crippen molar-refractivity contribution in [2.75, 3.05) is 11.9 Å². The van der Waals surface area contributed by atoms with Crippen LogP contribution < -0.4 is 10.1 Å². The lowest BCUT2D eigenvalue weighted by atomic mass is 9.96. The lowest BCUT2D eigenvalue weighted by Gasteiger charge is -2.21. The minimum Gasteiger partial charge on any atom is -0.494 e. The van der Waals surface area contributed by atoms with Crippen LogP contribution in [0.2, 0.25) is 0 Å². The highest BCUT2D eigenvalue weighted by molar-refractivity contribution is 5.96. The monoisotopic (exact) mass is 387 g/mol. The van der Waals surface area contributed by atoms with E-state index in [1.54, 1.807) is 0 Å². The van der Waals surface area contributed by atoms with E-state index >= 15 is 0 Å².